The van der Waals surface area contributed by atoms with Gasteiger partial charge in [0.25, 0.3) is 5.56 Å². The van der Waals surface area contributed by atoms with Gasteiger partial charge >= 0.3 is 11.7 Å². The van der Waals surface area contributed by atoms with E-state index in [1.165, 1.54) is 11.6 Å². The van der Waals surface area contributed by atoms with Gasteiger partial charge in [0.2, 0.25) is 0 Å². The molecule has 0 spiro atoms. The SMILES string of the molecule is Cn1c2c(c(=O)n(C)c1=O)C(c1ccc(OC(=O)Cc3ccccc3)cc1)C1=C(N2)c2ccccc2C1=O. The Balaban J connectivity index is 1.43. The number of nitrogens with one attached hydrogen (secondary N) is 1. The number of fused-ring (bicyclic) bond motifs is 3. The van der Waals surface area contributed by atoms with Crippen LogP contribution in [0.15, 0.2) is 94.0 Å². The van der Waals surface area contributed by atoms with E-state index in [1.807, 2.05) is 42.5 Å². The summed E-state index contributed by atoms with van der Waals surface area (Å²) in [6.07, 6.45) is 0.136. The molecule has 1 aliphatic carbocycles. The Labute approximate surface area is 217 Å². The number of anilines is 1. The maximum Gasteiger partial charge on any atom is 0.332 e. The Morgan fingerprint density at radius 3 is 2.21 bits per heavy atom. The van der Waals surface area contributed by atoms with Crippen LogP contribution in [0.5, 0.6) is 5.75 Å². The van der Waals surface area contributed by atoms with Crippen molar-refractivity contribution < 1.29 is 14.3 Å². The molecule has 1 atom stereocenters. The predicted molar refractivity (Wildman–Crippen MR) is 142 cm³/mol. The number of ether oxygens (including phenoxy) is 1. The van der Waals surface area contributed by atoms with Crippen LogP contribution in [0.2, 0.25) is 0 Å². The smallest absolute Gasteiger partial charge is 0.332 e. The molecule has 0 fully saturated rings. The van der Waals surface area contributed by atoms with Crippen LogP contribution < -0.4 is 21.3 Å². The molecule has 0 saturated carbocycles. The van der Waals surface area contributed by atoms with E-state index < -0.39 is 23.1 Å². The molecule has 1 aliphatic heterocycles. The molecule has 0 bridgehead atoms. The first kappa shape index (κ1) is 23.4. The predicted octanol–water partition coefficient (Wildman–Crippen LogP) is 3.40. The van der Waals surface area contributed by atoms with Gasteiger partial charge in [-0.15, -0.1) is 0 Å². The molecule has 4 aromatic rings. The van der Waals surface area contributed by atoms with Crippen LogP contribution in [-0.4, -0.2) is 20.9 Å². The minimum absolute atomic E-state index is 0.136. The third-order valence-corrected chi connectivity index (χ3v) is 7.11. The molecular formula is C30H23N3O5. The summed E-state index contributed by atoms with van der Waals surface area (Å²) in [4.78, 5) is 52.2. The van der Waals surface area contributed by atoms with E-state index in [-0.39, 0.29) is 12.2 Å². The molecule has 1 unspecified atom stereocenters. The van der Waals surface area contributed by atoms with Crippen molar-refractivity contribution in [2.45, 2.75) is 12.3 Å². The van der Waals surface area contributed by atoms with Crippen molar-refractivity contribution in [3.05, 3.63) is 133 Å². The molecule has 188 valence electrons. The first-order chi connectivity index (χ1) is 18.3. The van der Waals surface area contributed by atoms with Crippen LogP contribution in [0.1, 0.15) is 38.5 Å². The van der Waals surface area contributed by atoms with Gasteiger partial charge in [-0.05, 0) is 23.3 Å². The lowest BCUT2D eigenvalue weighted by atomic mass is 9.81. The molecule has 8 nitrogen and oxygen atoms in total. The molecule has 3 aromatic carbocycles. The van der Waals surface area contributed by atoms with Crippen molar-refractivity contribution in [1.82, 2.24) is 9.13 Å². The van der Waals surface area contributed by atoms with Crippen LogP contribution in [0, 0.1) is 0 Å². The fourth-order valence-electron chi connectivity index (χ4n) is 5.25. The molecule has 0 radical (unpaired) electrons. The highest BCUT2D eigenvalue weighted by Crippen LogP contribution is 2.47. The maximum absolute atomic E-state index is 13.6. The number of ketones is 1. The Bertz CT molecular complexity index is 1780. The molecule has 1 N–H and O–H groups in total. The van der Waals surface area contributed by atoms with Crippen molar-refractivity contribution in [3.8, 4) is 5.75 Å². The number of nitrogens with zero attached hydrogens (tertiary/aromatic N) is 2. The molecule has 0 saturated heterocycles. The first-order valence-electron chi connectivity index (χ1n) is 12.1. The van der Waals surface area contributed by atoms with E-state index >= 15 is 0 Å². The molecule has 2 heterocycles. The summed E-state index contributed by atoms with van der Waals surface area (Å²) in [6, 6.07) is 23.4. The number of hydrogen-bond donors (Lipinski definition) is 1. The zero-order valence-electron chi connectivity index (χ0n) is 20.7. The number of carbonyl (C=O) groups excluding carboxylic acids is 2. The molecule has 38 heavy (non-hydrogen) atoms. The van der Waals surface area contributed by atoms with E-state index in [2.05, 4.69) is 5.32 Å². The molecule has 8 heteroatoms. The van der Waals surface area contributed by atoms with Gasteiger partial charge in [-0.1, -0.05) is 66.7 Å². The van der Waals surface area contributed by atoms with Gasteiger partial charge < -0.3 is 10.1 Å². The van der Waals surface area contributed by atoms with Crippen molar-refractivity contribution >= 4 is 23.3 Å². The average molecular weight is 506 g/mol. The summed E-state index contributed by atoms with van der Waals surface area (Å²) in [7, 11) is 3.01. The Morgan fingerprint density at radius 2 is 1.50 bits per heavy atom. The molecule has 0 amide bonds. The topological polar surface area (TPSA) is 99.4 Å². The number of carbonyl (C=O) groups is 2. The summed E-state index contributed by atoms with van der Waals surface area (Å²) in [5.74, 6) is -0.586. The van der Waals surface area contributed by atoms with E-state index in [4.69, 9.17) is 4.74 Å². The molecule has 2 aliphatic rings. The van der Waals surface area contributed by atoms with E-state index in [0.717, 1.165) is 15.7 Å². The summed E-state index contributed by atoms with van der Waals surface area (Å²) in [5, 5.41) is 3.22. The number of hydrogen-bond acceptors (Lipinski definition) is 6. The van der Waals surface area contributed by atoms with E-state index in [0.29, 0.717) is 39.5 Å². The van der Waals surface area contributed by atoms with Crippen LogP contribution >= 0.6 is 0 Å². The van der Waals surface area contributed by atoms with E-state index in [9.17, 15) is 19.2 Å². The number of allylic oxidation sites excluding steroid dienone is 1. The van der Waals surface area contributed by atoms with Crippen molar-refractivity contribution in [3.63, 3.8) is 0 Å². The van der Waals surface area contributed by atoms with Crippen molar-refractivity contribution in [1.29, 1.82) is 0 Å². The van der Waals surface area contributed by atoms with Gasteiger partial charge in [0.05, 0.1) is 17.7 Å². The van der Waals surface area contributed by atoms with Crippen LogP contribution in [-0.2, 0) is 25.3 Å². The van der Waals surface area contributed by atoms with Gasteiger partial charge in [0.1, 0.15) is 11.6 Å². The number of Topliss-reactive ketones (excluding diaryl/α,β-unsaturated/α-hetero) is 1. The minimum atomic E-state index is -0.722. The number of benzene rings is 3. The highest BCUT2D eigenvalue weighted by molar-refractivity contribution is 6.23. The Hall–Kier alpha value is -4.98. The lowest BCUT2D eigenvalue weighted by Gasteiger charge is -2.29. The fraction of sp³-hybridized carbons (Fsp3) is 0.133. The summed E-state index contributed by atoms with van der Waals surface area (Å²) in [5.41, 5.74) is 3.17. The second kappa shape index (κ2) is 8.85. The van der Waals surface area contributed by atoms with Crippen LogP contribution in [0.25, 0.3) is 5.70 Å². The standard InChI is InChI=1S/C30H23N3O5/c1-32-28-25(29(36)33(2)30(32)37)23(24-26(31-28)20-10-6-7-11-21(20)27(24)35)18-12-14-19(15-13-18)38-22(34)16-17-8-4-3-5-9-17/h3-15,23,31H,16H2,1-2H3. The fourth-order valence-corrected chi connectivity index (χ4v) is 5.25. The lowest BCUT2D eigenvalue weighted by Crippen LogP contribution is -2.42. The van der Waals surface area contributed by atoms with Crippen LogP contribution in [0.3, 0.4) is 0 Å². The first-order valence-corrected chi connectivity index (χ1v) is 12.1. The Morgan fingerprint density at radius 1 is 0.842 bits per heavy atom. The second-order valence-electron chi connectivity index (χ2n) is 9.39. The molecule has 6 rings (SSSR count). The molecule has 1 aromatic heterocycles. The number of aromatic nitrogens is 2. The van der Waals surface area contributed by atoms with Gasteiger partial charge in [0.15, 0.2) is 5.78 Å². The van der Waals surface area contributed by atoms with Crippen molar-refractivity contribution in [2.24, 2.45) is 14.1 Å². The average Bonchev–Trinajstić information content (AvgIpc) is 3.22. The summed E-state index contributed by atoms with van der Waals surface area (Å²) >= 11 is 0. The summed E-state index contributed by atoms with van der Waals surface area (Å²) < 4.78 is 7.96. The zero-order valence-corrected chi connectivity index (χ0v) is 20.7. The lowest BCUT2D eigenvalue weighted by molar-refractivity contribution is -0.133. The Kier molecular flexibility index (Phi) is 5.45. The minimum Gasteiger partial charge on any atom is -0.426 e. The largest absolute Gasteiger partial charge is 0.426 e. The van der Waals surface area contributed by atoms with Gasteiger partial charge in [-0.25, -0.2) is 4.79 Å². The monoisotopic (exact) mass is 505 g/mol. The maximum atomic E-state index is 13.6. The van der Waals surface area contributed by atoms with Crippen molar-refractivity contribution in [2.75, 3.05) is 5.32 Å². The molecular weight excluding hydrogens is 482 g/mol. The third kappa shape index (κ3) is 3.61. The highest BCUT2D eigenvalue weighted by Gasteiger charge is 2.42. The number of rotatable bonds is 4. The zero-order chi connectivity index (χ0) is 26.6. The van der Waals surface area contributed by atoms with E-state index in [1.54, 1.807) is 43.4 Å². The summed E-state index contributed by atoms with van der Waals surface area (Å²) in [6.45, 7) is 0. The quantitative estimate of drug-likeness (QED) is 0.337. The second-order valence-corrected chi connectivity index (χ2v) is 9.39. The number of esters is 1. The van der Waals surface area contributed by atoms with Gasteiger partial charge in [-0.3, -0.25) is 23.5 Å². The normalized spacial score (nSPS) is 15.4. The van der Waals surface area contributed by atoms with Gasteiger partial charge in [-0.2, -0.15) is 0 Å². The van der Waals surface area contributed by atoms with Gasteiger partial charge in [0, 0.05) is 36.7 Å². The highest BCUT2D eigenvalue weighted by atomic mass is 16.5. The van der Waals surface area contributed by atoms with Crippen LogP contribution in [0.4, 0.5) is 5.82 Å². The third-order valence-electron chi connectivity index (χ3n) is 7.11.